The third kappa shape index (κ3) is 2.74. The van der Waals surface area contributed by atoms with Crippen LogP contribution >= 0.6 is 27.3 Å². The third-order valence-corrected chi connectivity index (χ3v) is 4.91. The Morgan fingerprint density at radius 2 is 2.37 bits per heavy atom. The first kappa shape index (κ1) is 12.9. The molecule has 1 aliphatic heterocycles. The summed E-state index contributed by atoms with van der Waals surface area (Å²) in [6.07, 6.45) is 3.91. The normalized spacial score (nSPS) is 15.6. The van der Waals surface area contributed by atoms with E-state index in [2.05, 4.69) is 21.0 Å². The molecule has 1 aliphatic rings. The molecule has 2 aromatic heterocycles. The Bertz CT molecular complexity index is 601. The smallest absolute Gasteiger partial charge is 0.263 e. The number of nitrogens with zero attached hydrogens (tertiary/aromatic N) is 3. The van der Waals surface area contributed by atoms with Crippen molar-refractivity contribution in [2.75, 3.05) is 13.1 Å². The van der Waals surface area contributed by atoms with Crippen LogP contribution in [0.15, 0.2) is 28.3 Å². The molecule has 0 radical (unpaired) electrons. The number of hydrogen-bond acceptors (Lipinski definition) is 3. The van der Waals surface area contributed by atoms with Crippen LogP contribution in [0.3, 0.4) is 0 Å². The Hall–Kier alpha value is -1.14. The molecule has 0 saturated carbocycles. The Morgan fingerprint density at radius 3 is 2.95 bits per heavy atom. The maximum atomic E-state index is 12.1. The molecule has 0 bridgehead atoms. The molecule has 0 aromatic carbocycles. The molecule has 6 heteroatoms. The van der Waals surface area contributed by atoms with Gasteiger partial charge in [0.2, 0.25) is 0 Å². The van der Waals surface area contributed by atoms with E-state index in [-0.39, 0.29) is 5.91 Å². The molecule has 1 saturated heterocycles. The monoisotopic (exact) mass is 339 g/mol. The number of aryl methyl sites for hydroxylation is 1. The van der Waals surface area contributed by atoms with Crippen LogP contribution in [-0.4, -0.2) is 33.7 Å². The van der Waals surface area contributed by atoms with Gasteiger partial charge in [0, 0.05) is 41.6 Å². The van der Waals surface area contributed by atoms with E-state index >= 15 is 0 Å². The zero-order chi connectivity index (χ0) is 13.4. The lowest BCUT2D eigenvalue weighted by Gasteiger charge is -2.38. The fourth-order valence-electron chi connectivity index (χ4n) is 2.26. The Kier molecular flexibility index (Phi) is 3.45. The molecule has 3 rings (SSSR count). The van der Waals surface area contributed by atoms with Crippen LogP contribution in [0.1, 0.15) is 15.2 Å². The van der Waals surface area contributed by atoms with Crippen LogP contribution in [0.4, 0.5) is 0 Å². The summed E-state index contributed by atoms with van der Waals surface area (Å²) in [5.74, 6) is 0.662. The lowest BCUT2D eigenvalue weighted by molar-refractivity contribution is 0.0466. The highest BCUT2D eigenvalue weighted by Crippen LogP contribution is 2.25. The summed E-state index contributed by atoms with van der Waals surface area (Å²) >= 11 is 4.86. The number of halogens is 1. The van der Waals surface area contributed by atoms with E-state index in [0.717, 1.165) is 29.0 Å². The second kappa shape index (κ2) is 5.09. The minimum absolute atomic E-state index is 0.142. The molecule has 0 spiro atoms. The highest BCUT2D eigenvalue weighted by Gasteiger charge is 2.32. The summed E-state index contributed by atoms with van der Waals surface area (Å²) < 4.78 is 2.94. The van der Waals surface area contributed by atoms with Gasteiger partial charge in [0.25, 0.3) is 5.91 Å². The third-order valence-electron chi connectivity index (χ3n) is 3.23. The van der Waals surface area contributed by atoms with Crippen molar-refractivity contribution in [3.05, 3.63) is 38.8 Å². The molecule has 4 nitrogen and oxygen atoms in total. The zero-order valence-corrected chi connectivity index (χ0v) is 12.9. The van der Waals surface area contributed by atoms with Gasteiger partial charge in [-0.3, -0.25) is 9.48 Å². The Balaban J connectivity index is 1.54. The van der Waals surface area contributed by atoms with Gasteiger partial charge < -0.3 is 4.90 Å². The number of thiophene rings is 1. The summed E-state index contributed by atoms with van der Waals surface area (Å²) in [6.45, 7) is 4.58. The van der Waals surface area contributed by atoms with E-state index in [9.17, 15) is 4.79 Å². The van der Waals surface area contributed by atoms with Gasteiger partial charge >= 0.3 is 0 Å². The van der Waals surface area contributed by atoms with Crippen LogP contribution < -0.4 is 0 Å². The van der Waals surface area contributed by atoms with Crippen LogP contribution in [-0.2, 0) is 6.54 Å². The molecular formula is C13H14BrN3OS. The molecule has 1 fully saturated rings. The topological polar surface area (TPSA) is 38.1 Å². The summed E-state index contributed by atoms with van der Waals surface area (Å²) in [6, 6.07) is 1.89. The van der Waals surface area contributed by atoms with Gasteiger partial charge in [-0.25, -0.2) is 0 Å². The second-order valence-electron chi connectivity index (χ2n) is 4.95. The molecule has 0 atom stereocenters. The quantitative estimate of drug-likeness (QED) is 0.862. The SMILES string of the molecule is Cc1cnn(CC2CN(C(=O)c3cc(Br)cs3)C2)c1. The standard InChI is InChI=1S/C13H14BrN3OS/c1-9-3-15-17(4-9)7-10-5-16(6-10)13(18)12-2-11(14)8-19-12/h2-4,8,10H,5-7H2,1H3. The first-order chi connectivity index (χ1) is 9.11. The van der Waals surface area contributed by atoms with Crippen molar-refractivity contribution in [3.63, 3.8) is 0 Å². The van der Waals surface area contributed by atoms with Gasteiger partial charge in [-0.15, -0.1) is 11.3 Å². The van der Waals surface area contributed by atoms with Crippen LogP contribution in [0.2, 0.25) is 0 Å². The van der Waals surface area contributed by atoms with Crippen LogP contribution in [0.25, 0.3) is 0 Å². The molecule has 0 N–H and O–H groups in total. The molecule has 0 aliphatic carbocycles. The van der Waals surface area contributed by atoms with E-state index in [1.807, 2.05) is 40.3 Å². The summed E-state index contributed by atoms with van der Waals surface area (Å²) in [7, 11) is 0. The highest BCUT2D eigenvalue weighted by atomic mass is 79.9. The van der Waals surface area contributed by atoms with Crippen molar-refractivity contribution in [3.8, 4) is 0 Å². The van der Waals surface area contributed by atoms with Crippen LogP contribution in [0.5, 0.6) is 0 Å². The van der Waals surface area contributed by atoms with Crippen molar-refractivity contribution in [2.45, 2.75) is 13.5 Å². The number of likely N-dealkylation sites (tertiary alicyclic amines) is 1. The largest absolute Gasteiger partial charge is 0.337 e. The summed E-state index contributed by atoms with van der Waals surface area (Å²) in [5, 5.41) is 6.22. The molecule has 1 amide bonds. The minimum atomic E-state index is 0.142. The van der Waals surface area contributed by atoms with E-state index in [1.165, 1.54) is 16.9 Å². The van der Waals surface area contributed by atoms with Gasteiger partial charge in [0.05, 0.1) is 11.1 Å². The number of carbonyl (C=O) groups is 1. The maximum Gasteiger partial charge on any atom is 0.263 e. The lowest BCUT2D eigenvalue weighted by Crippen LogP contribution is -2.51. The predicted octanol–water partition coefficient (Wildman–Crippen LogP) is 2.79. The first-order valence-electron chi connectivity index (χ1n) is 6.14. The predicted molar refractivity (Wildman–Crippen MR) is 78.4 cm³/mol. The molecule has 100 valence electrons. The number of hydrogen-bond donors (Lipinski definition) is 0. The fourth-order valence-corrected chi connectivity index (χ4v) is 3.66. The molecule has 3 heterocycles. The van der Waals surface area contributed by atoms with Crippen molar-refractivity contribution in [2.24, 2.45) is 5.92 Å². The minimum Gasteiger partial charge on any atom is -0.337 e. The van der Waals surface area contributed by atoms with Gasteiger partial charge in [-0.2, -0.15) is 5.10 Å². The molecule has 0 unspecified atom stereocenters. The molecular weight excluding hydrogens is 326 g/mol. The average molecular weight is 340 g/mol. The maximum absolute atomic E-state index is 12.1. The van der Waals surface area contributed by atoms with Crippen molar-refractivity contribution in [1.82, 2.24) is 14.7 Å². The lowest BCUT2D eigenvalue weighted by atomic mass is 10.00. The molecule has 19 heavy (non-hydrogen) atoms. The Labute approximate surface area is 124 Å². The van der Waals surface area contributed by atoms with E-state index in [1.54, 1.807) is 0 Å². The van der Waals surface area contributed by atoms with E-state index in [0.29, 0.717) is 5.92 Å². The second-order valence-corrected chi connectivity index (χ2v) is 6.77. The number of aromatic nitrogens is 2. The van der Waals surface area contributed by atoms with Crippen LogP contribution in [0, 0.1) is 12.8 Å². The van der Waals surface area contributed by atoms with Crippen molar-refractivity contribution >= 4 is 33.2 Å². The first-order valence-corrected chi connectivity index (χ1v) is 7.81. The van der Waals surface area contributed by atoms with E-state index < -0.39 is 0 Å². The highest BCUT2D eigenvalue weighted by molar-refractivity contribution is 9.10. The Morgan fingerprint density at radius 1 is 1.58 bits per heavy atom. The fraction of sp³-hybridized carbons (Fsp3) is 0.385. The number of rotatable bonds is 3. The van der Waals surface area contributed by atoms with Crippen molar-refractivity contribution in [1.29, 1.82) is 0 Å². The summed E-state index contributed by atoms with van der Waals surface area (Å²) in [5.41, 5.74) is 1.18. The average Bonchev–Trinajstić information content (AvgIpc) is 2.91. The van der Waals surface area contributed by atoms with Gasteiger partial charge in [-0.05, 0) is 34.5 Å². The van der Waals surface area contributed by atoms with Crippen molar-refractivity contribution < 1.29 is 4.79 Å². The van der Waals surface area contributed by atoms with E-state index in [4.69, 9.17) is 0 Å². The van der Waals surface area contributed by atoms with Gasteiger partial charge in [-0.1, -0.05) is 0 Å². The summed E-state index contributed by atoms with van der Waals surface area (Å²) in [4.78, 5) is 14.8. The van der Waals surface area contributed by atoms with Gasteiger partial charge in [0.15, 0.2) is 0 Å². The molecule has 2 aromatic rings. The zero-order valence-electron chi connectivity index (χ0n) is 10.5. The number of carbonyl (C=O) groups excluding carboxylic acids is 1. The number of amides is 1. The van der Waals surface area contributed by atoms with Gasteiger partial charge in [0.1, 0.15) is 0 Å².